The number of phenolic OH excluding ortho intramolecular Hbond substituents is 2. The van der Waals surface area contributed by atoms with Crippen LogP contribution in [0, 0.1) is 6.92 Å². The summed E-state index contributed by atoms with van der Waals surface area (Å²) in [4.78, 5) is 24.1. The summed E-state index contributed by atoms with van der Waals surface area (Å²) < 4.78 is 11.1. The summed E-state index contributed by atoms with van der Waals surface area (Å²) in [5, 5.41) is 22.4. The average molecular weight is 510 g/mol. The third-order valence-electron chi connectivity index (χ3n) is 6.56. The Morgan fingerprint density at radius 1 is 1.00 bits per heavy atom. The average Bonchev–Trinajstić information content (AvgIpc) is 2.91. The molecule has 38 heavy (non-hydrogen) atoms. The summed E-state index contributed by atoms with van der Waals surface area (Å²) in [7, 11) is 5.17. The first-order chi connectivity index (χ1) is 18.3. The van der Waals surface area contributed by atoms with E-state index in [4.69, 9.17) is 14.1 Å². The van der Waals surface area contributed by atoms with E-state index in [0.29, 0.717) is 45.2 Å². The Labute approximate surface area is 219 Å². The summed E-state index contributed by atoms with van der Waals surface area (Å²) in [6.45, 7) is 1.87. The van der Waals surface area contributed by atoms with Gasteiger partial charge < -0.3 is 24.3 Å². The lowest BCUT2D eigenvalue weighted by atomic mass is 9.95. The normalized spacial score (nSPS) is 11.1. The minimum atomic E-state index is -0.486. The highest BCUT2D eigenvalue weighted by Gasteiger charge is 2.21. The number of anilines is 1. The number of methoxy groups -OCH3 is 1. The monoisotopic (exact) mass is 509 g/mol. The summed E-state index contributed by atoms with van der Waals surface area (Å²) in [6.07, 6.45) is 1.81. The molecule has 2 aromatic heterocycles. The van der Waals surface area contributed by atoms with Gasteiger partial charge in [0.15, 0.2) is 0 Å². The van der Waals surface area contributed by atoms with Crippen LogP contribution < -0.4 is 15.3 Å². The van der Waals surface area contributed by atoms with Gasteiger partial charge in [0, 0.05) is 54.9 Å². The number of aromatic hydroxyl groups is 2. The summed E-state index contributed by atoms with van der Waals surface area (Å²) in [6, 6.07) is 17.7. The highest BCUT2D eigenvalue weighted by molar-refractivity contribution is 5.90. The van der Waals surface area contributed by atoms with E-state index in [-0.39, 0.29) is 17.9 Å². The number of rotatable bonds is 6. The molecule has 2 heterocycles. The first kappa shape index (κ1) is 24.8. The molecule has 0 fully saturated rings. The molecule has 0 saturated heterocycles. The first-order valence-electron chi connectivity index (χ1n) is 12.0. The van der Waals surface area contributed by atoms with Crippen molar-refractivity contribution in [2.45, 2.75) is 13.3 Å². The minimum Gasteiger partial charge on any atom is -0.508 e. The maximum absolute atomic E-state index is 13.2. The highest BCUT2D eigenvalue weighted by Crippen LogP contribution is 2.38. The van der Waals surface area contributed by atoms with Crippen molar-refractivity contribution in [2.24, 2.45) is 0 Å². The SMILES string of the molecule is COc1ccc(-c2nc(N(C)C)ncc2Cc2c(O)ccc3c(C)c(-c4ccccc4)c(=O)oc23)c(O)c1. The van der Waals surface area contributed by atoms with Crippen LogP contribution in [-0.4, -0.2) is 41.4 Å². The molecular formula is C30H27N3O5. The van der Waals surface area contributed by atoms with Crippen molar-refractivity contribution in [1.29, 1.82) is 0 Å². The molecule has 0 radical (unpaired) electrons. The Morgan fingerprint density at radius 3 is 2.45 bits per heavy atom. The molecule has 2 N–H and O–H groups in total. The number of aromatic nitrogens is 2. The second-order valence-corrected chi connectivity index (χ2v) is 9.19. The number of phenols is 2. The van der Waals surface area contributed by atoms with Crippen LogP contribution in [0.5, 0.6) is 17.2 Å². The summed E-state index contributed by atoms with van der Waals surface area (Å²) >= 11 is 0. The molecule has 0 aliphatic heterocycles. The number of aryl methyl sites for hydroxylation is 1. The van der Waals surface area contributed by atoms with Crippen LogP contribution in [0.15, 0.2) is 76.1 Å². The molecule has 0 amide bonds. The fourth-order valence-electron chi connectivity index (χ4n) is 4.58. The molecule has 0 spiro atoms. The van der Waals surface area contributed by atoms with E-state index >= 15 is 0 Å². The van der Waals surface area contributed by atoms with Crippen molar-refractivity contribution in [3.8, 4) is 39.6 Å². The molecule has 5 aromatic rings. The lowest BCUT2D eigenvalue weighted by molar-refractivity contribution is 0.408. The molecule has 0 bridgehead atoms. The molecule has 5 rings (SSSR count). The quantitative estimate of drug-likeness (QED) is 0.297. The minimum absolute atomic E-state index is 0.00831. The van der Waals surface area contributed by atoms with Crippen molar-refractivity contribution in [2.75, 3.05) is 26.1 Å². The van der Waals surface area contributed by atoms with Gasteiger partial charge in [0.1, 0.15) is 22.8 Å². The van der Waals surface area contributed by atoms with Gasteiger partial charge in [-0.1, -0.05) is 30.3 Å². The number of nitrogens with zero attached hydrogens (tertiary/aromatic N) is 3. The molecule has 0 saturated carbocycles. The molecular weight excluding hydrogens is 482 g/mol. The summed E-state index contributed by atoms with van der Waals surface area (Å²) in [5.41, 5.74) is 3.85. The second kappa shape index (κ2) is 9.89. The lowest BCUT2D eigenvalue weighted by Gasteiger charge is -2.17. The van der Waals surface area contributed by atoms with Crippen LogP contribution in [0.4, 0.5) is 5.95 Å². The number of ether oxygens (including phenoxy) is 1. The van der Waals surface area contributed by atoms with Gasteiger partial charge in [-0.2, -0.15) is 0 Å². The number of benzene rings is 3. The lowest BCUT2D eigenvalue weighted by Crippen LogP contribution is -2.14. The number of hydrogen-bond donors (Lipinski definition) is 2. The van der Waals surface area contributed by atoms with Crippen LogP contribution in [0.25, 0.3) is 33.4 Å². The van der Waals surface area contributed by atoms with Gasteiger partial charge in [0.05, 0.1) is 18.4 Å². The predicted octanol–water partition coefficient (Wildman–Crippen LogP) is 5.30. The van der Waals surface area contributed by atoms with Gasteiger partial charge >= 0.3 is 5.63 Å². The standard InChI is InChI=1S/C30H27N3O5/c1-17-21-12-13-24(34)23(28(21)38-29(36)26(17)18-8-6-5-7-9-18)14-19-16-31-30(33(2)3)32-27(19)22-11-10-20(37-4)15-25(22)35/h5-13,15-16,34-35H,14H2,1-4H3. The van der Waals surface area contributed by atoms with Gasteiger partial charge in [-0.3, -0.25) is 0 Å². The van der Waals surface area contributed by atoms with Crippen LogP contribution in [0.2, 0.25) is 0 Å². The summed E-state index contributed by atoms with van der Waals surface area (Å²) in [5.74, 6) is 0.934. The number of hydrogen-bond acceptors (Lipinski definition) is 8. The third-order valence-corrected chi connectivity index (χ3v) is 6.56. The van der Waals surface area contributed by atoms with Crippen molar-refractivity contribution in [3.63, 3.8) is 0 Å². The Balaban J connectivity index is 1.69. The van der Waals surface area contributed by atoms with Gasteiger partial charge in [-0.05, 0) is 42.3 Å². The van der Waals surface area contributed by atoms with Crippen molar-refractivity contribution < 1.29 is 19.4 Å². The molecule has 192 valence electrons. The molecule has 3 aromatic carbocycles. The third kappa shape index (κ3) is 4.41. The van der Waals surface area contributed by atoms with E-state index in [0.717, 1.165) is 16.5 Å². The molecule has 8 nitrogen and oxygen atoms in total. The first-order valence-corrected chi connectivity index (χ1v) is 12.0. The Morgan fingerprint density at radius 2 is 1.76 bits per heavy atom. The maximum Gasteiger partial charge on any atom is 0.344 e. The van der Waals surface area contributed by atoms with Crippen LogP contribution in [0.3, 0.4) is 0 Å². The van der Waals surface area contributed by atoms with Crippen LogP contribution in [0.1, 0.15) is 16.7 Å². The van der Waals surface area contributed by atoms with Gasteiger partial charge in [-0.15, -0.1) is 0 Å². The van der Waals surface area contributed by atoms with E-state index in [1.807, 2.05) is 51.4 Å². The Kier molecular flexibility index (Phi) is 6.46. The highest BCUT2D eigenvalue weighted by atomic mass is 16.5. The van der Waals surface area contributed by atoms with E-state index in [1.54, 1.807) is 35.4 Å². The molecule has 0 unspecified atom stereocenters. The van der Waals surface area contributed by atoms with E-state index in [9.17, 15) is 15.0 Å². The Hall–Kier alpha value is -4.85. The molecule has 0 aliphatic rings. The molecule has 8 heteroatoms. The van der Waals surface area contributed by atoms with Crippen molar-refractivity contribution in [1.82, 2.24) is 9.97 Å². The van der Waals surface area contributed by atoms with Gasteiger partial charge in [-0.25, -0.2) is 14.8 Å². The zero-order chi connectivity index (χ0) is 27.0. The predicted molar refractivity (Wildman–Crippen MR) is 147 cm³/mol. The second-order valence-electron chi connectivity index (χ2n) is 9.19. The maximum atomic E-state index is 13.2. The smallest absolute Gasteiger partial charge is 0.344 e. The van der Waals surface area contributed by atoms with Crippen molar-refractivity contribution >= 4 is 16.9 Å². The van der Waals surface area contributed by atoms with E-state index in [2.05, 4.69) is 4.98 Å². The Bertz CT molecular complexity index is 1710. The molecule has 0 atom stereocenters. The fourth-order valence-corrected chi connectivity index (χ4v) is 4.58. The fraction of sp³-hybridized carbons (Fsp3) is 0.167. The van der Waals surface area contributed by atoms with Crippen LogP contribution >= 0.6 is 0 Å². The van der Waals surface area contributed by atoms with E-state index < -0.39 is 5.63 Å². The largest absolute Gasteiger partial charge is 0.508 e. The topological polar surface area (TPSA) is 109 Å². The zero-order valence-corrected chi connectivity index (χ0v) is 21.5. The zero-order valence-electron chi connectivity index (χ0n) is 21.5. The van der Waals surface area contributed by atoms with Crippen LogP contribution in [-0.2, 0) is 6.42 Å². The molecule has 0 aliphatic carbocycles. The van der Waals surface area contributed by atoms with Crippen molar-refractivity contribution in [3.05, 3.63) is 94.0 Å². The van der Waals surface area contributed by atoms with Gasteiger partial charge in [0.25, 0.3) is 0 Å². The van der Waals surface area contributed by atoms with Gasteiger partial charge in [0.2, 0.25) is 5.95 Å². The van der Waals surface area contributed by atoms with E-state index in [1.165, 1.54) is 13.2 Å². The number of fused-ring (bicyclic) bond motifs is 1.